The van der Waals surface area contributed by atoms with Gasteiger partial charge in [-0.1, -0.05) is 6.92 Å². The van der Waals surface area contributed by atoms with Gasteiger partial charge in [0.15, 0.2) is 0 Å². The molecule has 0 spiro atoms. The normalized spacial score (nSPS) is 74.8. The molecular weight excluding hydrogens is 170 g/mol. The topological polar surface area (TPSA) is 12.0 Å². The first-order valence-electron chi connectivity index (χ1n) is 6.65. The summed E-state index contributed by atoms with van der Waals surface area (Å²) in [4.78, 5) is 0. The zero-order valence-corrected chi connectivity index (χ0v) is 8.82. The number of rotatable bonds is 2. The molecule has 0 amide bonds. The first-order chi connectivity index (χ1) is 6.92. The lowest BCUT2D eigenvalue weighted by Crippen LogP contribution is -2.51. The highest BCUT2D eigenvalue weighted by molar-refractivity contribution is 5.29. The minimum absolute atomic E-state index is 0.961. The fourth-order valence-corrected chi connectivity index (χ4v) is 6.98. The minimum atomic E-state index is 0.961. The Morgan fingerprint density at radius 1 is 0.857 bits per heavy atom. The highest BCUT2D eigenvalue weighted by Gasteiger charge is 2.80. The van der Waals surface area contributed by atoms with Gasteiger partial charge in [0, 0.05) is 6.04 Å². The third-order valence-corrected chi connectivity index (χ3v) is 6.76. The van der Waals surface area contributed by atoms with E-state index in [9.17, 15) is 0 Å². The smallest absolute Gasteiger partial charge is 0.0135 e. The second-order valence-electron chi connectivity index (χ2n) is 6.52. The molecule has 0 saturated heterocycles. The summed E-state index contributed by atoms with van der Waals surface area (Å²) in [6, 6.07) is 0.961. The van der Waals surface area contributed by atoms with E-state index in [2.05, 4.69) is 12.2 Å². The maximum absolute atomic E-state index is 3.82. The summed E-state index contributed by atoms with van der Waals surface area (Å²) in [6.45, 7) is 3.49. The van der Waals surface area contributed by atoms with Crippen LogP contribution in [-0.2, 0) is 0 Å². The third kappa shape index (κ3) is 0.476. The molecule has 2 bridgehead atoms. The van der Waals surface area contributed by atoms with E-state index in [1.165, 1.54) is 42.1 Å². The van der Waals surface area contributed by atoms with Gasteiger partial charge in [0.05, 0.1) is 0 Å². The van der Waals surface area contributed by atoms with Crippen molar-refractivity contribution < 1.29 is 0 Å². The Balaban J connectivity index is 1.65. The van der Waals surface area contributed by atoms with Crippen LogP contribution >= 0.6 is 0 Å². The first kappa shape index (κ1) is 7.27. The molecule has 0 radical (unpaired) electrons. The molecule has 5 aliphatic carbocycles. The molecule has 0 aliphatic heterocycles. The van der Waals surface area contributed by atoms with Crippen molar-refractivity contribution in [2.45, 2.75) is 25.8 Å². The van der Waals surface area contributed by atoms with Crippen molar-refractivity contribution in [3.63, 3.8) is 0 Å². The molecule has 5 saturated carbocycles. The van der Waals surface area contributed by atoms with Gasteiger partial charge in [-0.3, -0.25) is 0 Å². The van der Waals surface area contributed by atoms with Crippen LogP contribution in [0.1, 0.15) is 19.8 Å². The van der Waals surface area contributed by atoms with E-state index >= 15 is 0 Å². The molecule has 1 nitrogen and oxygen atoms in total. The van der Waals surface area contributed by atoms with Crippen LogP contribution in [0.15, 0.2) is 0 Å². The van der Waals surface area contributed by atoms with Gasteiger partial charge in [-0.2, -0.15) is 0 Å². The van der Waals surface area contributed by atoms with Gasteiger partial charge in [0.2, 0.25) is 0 Å². The molecule has 9 unspecified atom stereocenters. The Kier molecular flexibility index (Phi) is 1.00. The standard InChI is InChI=1S/C13H19N/c1-2-14-13-10-6-4-7-9-5(6)3-8(10)11(9)12(7)13/h5-14H,2-4H2,1H3. The van der Waals surface area contributed by atoms with Crippen LogP contribution in [0.3, 0.4) is 0 Å². The molecule has 9 atom stereocenters. The predicted octanol–water partition coefficient (Wildman–Crippen LogP) is 1.74. The van der Waals surface area contributed by atoms with Crippen molar-refractivity contribution in [2.75, 3.05) is 6.54 Å². The van der Waals surface area contributed by atoms with E-state index < -0.39 is 0 Å². The molecule has 5 fully saturated rings. The van der Waals surface area contributed by atoms with Crippen molar-refractivity contribution in [1.29, 1.82) is 0 Å². The SMILES string of the molecule is CCNC1C2C3CC4C5C3CC2C5C41. The second-order valence-corrected chi connectivity index (χ2v) is 6.52. The molecule has 5 rings (SSSR count). The average molecular weight is 189 g/mol. The molecule has 14 heavy (non-hydrogen) atoms. The Hall–Kier alpha value is -0.0400. The van der Waals surface area contributed by atoms with Gasteiger partial charge in [-0.15, -0.1) is 0 Å². The molecular formula is C13H19N. The van der Waals surface area contributed by atoms with Gasteiger partial charge in [0.25, 0.3) is 0 Å². The first-order valence-corrected chi connectivity index (χ1v) is 6.65. The van der Waals surface area contributed by atoms with E-state index in [0.29, 0.717) is 0 Å². The Morgan fingerprint density at radius 2 is 1.57 bits per heavy atom. The van der Waals surface area contributed by atoms with E-state index in [4.69, 9.17) is 0 Å². The van der Waals surface area contributed by atoms with Gasteiger partial charge in [-0.05, 0) is 66.7 Å². The Morgan fingerprint density at radius 3 is 2.36 bits per heavy atom. The maximum atomic E-state index is 3.82. The molecule has 0 aromatic heterocycles. The zero-order chi connectivity index (χ0) is 9.02. The quantitative estimate of drug-likeness (QED) is 0.697. The Labute approximate surface area is 85.6 Å². The van der Waals surface area contributed by atoms with Crippen molar-refractivity contribution >= 4 is 0 Å². The lowest BCUT2D eigenvalue weighted by Gasteiger charge is -2.48. The summed E-state index contributed by atoms with van der Waals surface area (Å²) in [5.41, 5.74) is 0. The van der Waals surface area contributed by atoms with Crippen LogP contribution in [-0.4, -0.2) is 12.6 Å². The highest BCUT2D eigenvalue weighted by atomic mass is 15.0. The fourth-order valence-electron chi connectivity index (χ4n) is 6.98. The number of hydrogen-bond acceptors (Lipinski definition) is 1. The summed E-state index contributed by atoms with van der Waals surface area (Å²) in [6.07, 6.45) is 3.28. The molecule has 76 valence electrons. The molecule has 5 aliphatic rings. The van der Waals surface area contributed by atoms with E-state index in [-0.39, 0.29) is 0 Å². The van der Waals surface area contributed by atoms with Gasteiger partial charge in [-0.25, -0.2) is 0 Å². The molecule has 0 aromatic carbocycles. The van der Waals surface area contributed by atoms with Crippen molar-refractivity contribution in [3.8, 4) is 0 Å². The van der Waals surface area contributed by atoms with E-state index in [1.54, 1.807) is 12.8 Å². The van der Waals surface area contributed by atoms with Crippen molar-refractivity contribution in [2.24, 2.45) is 47.3 Å². The monoisotopic (exact) mass is 189 g/mol. The van der Waals surface area contributed by atoms with Crippen LogP contribution in [0, 0.1) is 47.3 Å². The minimum Gasteiger partial charge on any atom is -0.314 e. The van der Waals surface area contributed by atoms with Gasteiger partial charge >= 0.3 is 0 Å². The number of hydrogen-bond donors (Lipinski definition) is 1. The van der Waals surface area contributed by atoms with Crippen LogP contribution in [0.4, 0.5) is 0 Å². The molecule has 1 heteroatoms. The van der Waals surface area contributed by atoms with Crippen molar-refractivity contribution in [1.82, 2.24) is 5.32 Å². The largest absolute Gasteiger partial charge is 0.314 e. The van der Waals surface area contributed by atoms with Gasteiger partial charge in [0.1, 0.15) is 0 Å². The summed E-state index contributed by atoms with van der Waals surface area (Å²) in [5.74, 6) is 9.45. The summed E-state index contributed by atoms with van der Waals surface area (Å²) in [7, 11) is 0. The number of fused-ring (bicyclic) bond motifs is 2. The summed E-state index contributed by atoms with van der Waals surface area (Å²) >= 11 is 0. The van der Waals surface area contributed by atoms with E-state index in [1.807, 2.05) is 0 Å². The van der Waals surface area contributed by atoms with Gasteiger partial charge < -0.3 is 5.32 Å². The lowest BCUT2D eigenvalue weighted by molar-refractivity contribution is 0.0101. The molecule has 0 aromatic rings. The molecule has 0 heterocycles. The summed E-state index contributed by atoms with van der Waals surface area (Å²) < 4.78 is 0. The van der Waals surface area contributed by atoms with E-state index in [0.717, 1.165) is 17.9 Å². The second kappa shape index (κ2) is 1.93. The Bertz CT molecular complexity index is 306. The maximum Gasteiger partial charge on any atom is 0.0135 e. The zero-order valence-electron chi connectivity index (χ0n) is 8.82. The van der Waals surface area contributed by atoms with Crippen molar-refractivity contribution in [3.05, 3.63) is 0 Å². The predicted molar refractivity (Wildman–Crippen MR) is 54.6 cm³/mol. The number of nitrogens with one attached hydrogen (secondary N) is 1. The molecule has 1 N–H and O–H groups in total. The van der Waals surface area contributed by atoms with Crippen LogP contribution in [0.25, 0.3) is 0 Å². The van der Waals surface area contributed by atoms with Crippen LogP contribution < -0.4 is 5.32 Å². The lowest BCUT2D eigenvalue weighted by atomic mass is 9.59. The van der Waals surface area contributed by atoms with Crippen LogP contribution in [0.2, 0.25) is 0 Å². The fraction of sp³-hybridized carbons (Fsp3) is 1.00. The third-order valence-electron chi connectivity index (χ3n) is 6.76. The van der Waals surface area contributed by atoms with Crippen LogP contribution in [0.5, 0.6) is 0 Å². The summed E-state index contributed by atoms with van der Waals surface area (Å²) in [5, 5.41) is 3.82. The average Bonchev–Trinajstić information content (AvgIpc) is 2.64. The highest BCUT2D eigenvalue weighted by Crippen LogP contribution is 2.82.